The van der Waals surface area contributed by atoms with Gasteiger partial charge in [-0.05, 0) is 95.1 Å². The van der Waals surface area contributed by atoms with E-state index in [9.17, 15) is 19.4 Å². The number of aromatic carboxylic acids is 1. The van der Waals surface area contributed by atoms with Crippen molar-refractivity contribution in [2.24, 2.45) is 0 Å². The number of carbonyl (C=O) groups is 1. The van der Waals surface area contributed by atoms with Crippen LogP contribution in [0.4, 0.5) is 26.3 Å². The number of halogens is 2. The van der Waals surface area contributed by atoms with Gasteiger partial charge in [0.1, 0.15) is 12.2 Å². The van der Waals surface area contributed by atoms with Gasteiger partial charge < -0.3 is 58.4 Å². The zero-order valence-corrected chi connectivity index (χ0v) is 35.6. The molecule has 0 aliphatic heterocycles. The van der Waals surface area contributed by atoms with Crippen LogP contribution in [0, 0.1) is 24.6 Å². The number of nitrogens with zero attached hydrogens (tertiary/aromatic N) is 7. The summed E-state index contributed by atoms with van der Waals surface area (Å²) in [6, 6.07) is 14.4. The van der Waals surface area contributed by atoms with Crippen LogP contribution >= 0.6 is 22.7 Å². The third-order valence-electron chi connectivity index (χ3n) is 8.59. The molecule has 5 rings (SSSR count). The lowest BCUT2D eigenvalue weighted by atomic mass is 10.2. The summed E-state index contributed by atoms with van der Waals surface area (Å²) in [5.41, 5.74) is 2.16. The standard InChI is InChI=1S/C39H47FN8O4S2.HI/c1-27-25-34(44-45-36(27)43-38-41-30-14-7-8-15-32(30)53-38)47(20-9-6-10-21-48(4,5)22-23-49)39-42-35(37(50)51)33(54-39)16-12-24-52-31-18-17-28(26-29(31)40)13-11-19-46(2)3;/h7-8,14-15,17-18,25-26,49H,6,9-10,12,16,19-24H2,1-5H3,(H-,41,43,45,50,51);1H/p-1. The number of nitrogens with one attached hydrogen (secondary N) is 1. The smallest absolute Gasteiger partial charge is 0.191 e. The van der Waals surface area contributed by atoms with E-state index in [-0.39, 0.29) is 48.6 Å². The lowest BCUT2D eigenvalue weighted by molar-refractivity contribution is -0.890. The summed E-state index contributed by atoms with van der Waals surface area (Å²) in [4.78, 5) is 25.8. The molecule has 16 heteroatoms. The third kappa shape index (κ3) is 12.8. The van der Waals surface area contributed by atoms with E-state index in [2.05, 4.69) is 51.4 Å². The van der Waals surface area contributed by atoms with Gasteiger partial charge in [-0.2, -0.15) is 0 Å². The Balaban J connectivity index is 0.00000673. The summed E-state index contributed by atoms with van der Waals surface area (Å²) in [7, 11) is 8.03. The van der Waals surface area contributed by atoms with Gasteiger partial charge in [0, 0.05) is 17.0 Å². The number of quaternary nitrogens is 1. The fourth-order valence-electron chi connectivity index (χ4n) is 5.62. The molecule has 0 amide bonds. The maximum Gasteiger partial charge on any atom is 0.191 e. The Bertz CT molecular complexity index is 2070. The highest BCUT2D eigenvalue weighted by atomic mass is 127. The lowest BCUT2D eigenvalue weighted by Crippen LogP contribution is -3.00. The van der Waals surface area contributed by atoms with Crippen molar-refractivity contribution in [2.75, 3.05) is 77.8 Å². The van der Waals surface area contributed by atoms with Gasteiger partial charge in [0.25, 0.3) is 0 Å². The average Bonchev–Trinajstić information content (AvgIpc) is 3.74. The molecule has 0 saturated carbocycles. The van der Waals surface area contributed by atoms with Gasteiger partial charge in [-0.25, -0.2) is 14.4 Å². The molecule has 5 aromatic rings. The highest BCUT2D eigenvalue weighted by molar-refractivity contribution is 7.22. The Hall–Kier alpha value is -3.99. The molecule has 0 unspecified atom stereocenters. The lowest BCUT2D eigenvalue weighted by Gasteiger charge is -2.29. The summed E-state index contributed by atoms with van der Waals surface area (Å²) >= 11 is 2.79. The highest BCUT2D eigenvalue weighted by Gasteiger charge is 2.22. The maximum absolute atomic E-state index is 14.7. The minimum absolute atomic E-state index is 0. The second-order valence-electron chi connectivity index (χ2n) is 13.9. The number of hydrogen-bond acceptors (Lipinski definition) is 13. The number of fused-ring (bicyclic) bond motifs is 1. The van der Waals surface area contributed by atoms with Crippen LogP contribution in [0.3, 0.4) is 0 Å². The molecular weight excluding hydrogens is 855 g/mol. The van der Waals surface area contributed by atoms with E-state index in [0.29, 0.717) is 64.8 Å². The number of likely N-dealkylation sites (N-methyl/N-ethyl adjacent to an activating group) is 1. The minimum Gasteiger partial charge on any atom is -1.00 e. The molecular formula is C39H47FIN8O4S2-. The number of benzene rings is 2. The number of thiazole rings is 2. The molecule has 0 radical (unpaired) electrons. The molecule has 3 heterocycles. The van der Waals surface area contributed by atoms with Gasteiger partial charge in [0.15, 0.2) is 33.5 Å². The molecule has 0 saturated heterocycles. The molecule has 0 aliphatic carbocycles. The summed E-state index contributed by atoms with van der Waals surface area (Å²) in [6.45, 7) is 4.95. The van der Waals surface area contributed by atoms with E-state index < -0.39 is 11.8 Å². The fourth-order valence-corrected chi connectivity index (χ4v) is 7.61. The normalized spacial score (nSPS) is 11.3. The average molecular weight is 902 g/mol. The monoisotopic (exact) mass is 901 g/mol. The first-order valence-corrected chi connectivity index (χ1v) is 19.5. The Morgan fingerprint density at radius 2 is 1.84 bits per heavy atom. The van der Waals surface area contributed by atoms with Crippen LogP contribution in [-0.4, -0.2) is 108 Å². The third-order valence-corrected chi connectivity index (χ3v) is 10.7. The van der Waals surface area contributed by atoms with E-state index in [4.69, 9.17) is 4.74 Å². The van der Waals surface area contributed by atoms with Crippen molar-refractivity contribution in [3.8, 4) is 17.6 Å². The SMILES string of the molecule is Cc1cc(N(CCCCC[N+](C)(C)CCO)c2nc(C(=O)[O-])c(CCCOc3ccc(C#CCN(C)C)cc3F)s2)nnc1Nc1nc2ccccc2s1.[I-]. The van der Waals surface area contributed by atoms with Crippen LogP contribution in [0.2, 0.25) is 0 Å². The quantitative estimate of drug-likeness (QED) is 0.0547. The fraction of sp³-hybridized carbons (Fsp3) is 0.410. The van der Waals surface area contributed by atoms with Gasteiger partial charge in [-0.15, -0.1) is 21.5 Å². The molecule has 294 valence electrons. The van der Waals surface area contributed by atoms with Gasteiger partial charge in [-0.1, -0.05) is 35.3 Å². The summed E-state index contributed by atoms with van der Waals surface area (Å²) in [5.74, 6) is 5.27. The Kier molecular flexibility index (Phi) is 16.5. The number of rotatable bonds is 19. The highest BCUT2D eigenvalue weighted by Crippen LogP contribution is 2.34. The summed E-state index contributed by atoms with van der Waals surface area (Å²) in [5, 5.41) is 35.2. The number of para-hydroxylation sites is 1. The predicted molar refractivity (Wildman–Crippen MR) is 212 cm³/mol. The van der Waals surface area contributed by atoms with Crippen molar-refractivity contribution in [3.05, 3.63) is 76.0 Å². The zero-order valence-electron chi connectivity index (χ0n) is 31.8. The number of carboxylic acid groups (broad SMARTS) is 1. The number of aliphatic hydroxyl groups excluding tert-OH is 1. The van der Waals surface area contributed by atoms with E-state index in [1.165, 1.54) is 28.7 Å². The first kappa shape index (κ1) is 43.7. The Labute approximate surface area is 347 Å². The number of ether oxygens (including phenoxy) is 1. The molecule has 55 heavy (non-hydrogen) atoms. The molecule has 0 bridgehead atoms. The number of carbonyl (C=O) groups excluding carboxylic acids is 1. The molecule has 2 N–H and O–H groups in total. The molecule has 3 aromatic heterocycles. The van der Waals surface area contributed by atoms with Crippen molar-refractivity contribution in [3.63, 3.8) is 0 Å². The van der Waals surface area contributed by atoms with Crippen LogP contribution < -0.4 is 44.0 Å². The summed E-state index contributed by atoms with van der Waals surface area (Å²) < 4.78 is 22.2. The van der Waals surface area contributed by atoms with Crippen LogP contribution in [0.5, 0.6) is 5.75 Å². The number of unbranched alkanes of at least 4 members (excludes halogenated alkanes) is 2. The largest absolute Gasteiger partial charge is 1.00 e. The number of carboxylic acids is 1. The van der Waals surface area contributed by atoms with E-state index >= 15 is 0 Å². The van der Waals surface area contributed by atoms with Crippen molar-refractivity contribution in [1.29, 1.82) is 0 Å². The van der Waals surface area contributed by atoms with Crippen LogP contribution in [0.1, 0.15) is 52.2 Å². The van der Waals surface area contributed by atoms with Crippen molar-refractivity contribution in [2.45, 2.75) is 39.0 Å². The van der Waals surface area contributed by atoms with E-state index in [0.717, 1.165) is 46.1 Å². The molecule has 0 fully saturated rings. The Morgan fingerprint density at radius 1 is 1.04 bits per heavy atom. The van der Waals surface area contributed by atoms with Crippen molar-refractivity contribution in [1.82, 2.24) is 25.1 Å². The minimum atomic E-state index is -1.37. The molecule has 0 atom stereocenters. The Morgan fingerprint density at radius 3 is 2.55 bits per heavy atom. The molecule has 12 nitrogen and oxygen atoms in total. The van der Waals surface area contributed by atoms with Crippen LogP contribution in [0.15, 0.2) is 48.5 Å². The first-order chi connectivity index (χ1) is 25.9. The molecule has 0 aliphatic rings. The van der Waals surface area contributed by atoms with Crippen molar-refractivity contribution >= 4 is 60.8 Å². The first-order valence-electron chi connectivity index (χ1n) is 17.9. The number of aliphatic hydroxyl groups is 1. The van der Waals surface area contributed by atoms with Crippen LogP contribution in [-0.2, 0) is 6.42 Å². The van der Waals surface area contributed by atoms with Gasteiger partial charge in [0.2, 0.25) is 0 Å². The summed E-state index contributed by atoms with van der Waals surface area (Å²) in [6.07, 6.45) is 3.44. The second-order valence-corrected chi connectivity index (χ2v) is 15.9. The van der Waals surface area contributed by atoms with E-state index in [1.54, 1.807) is 12.1 Å². The van der Waals surface area contributed by atoms with Gasteiger partial charge in [0.05, 0.1) is 56.6 Å². The molecule has 0 spiro atoms. The number of aryl methyl sites for hydroxylation is 2. The number of aromatic nitrogens is 4. The number of anilines is 4. The zero-order chi connectivity index (χ0) is 38.7. The maximum atomic E-state index is 14.7. The van der Waals surface area contributed by atoms with Crippen molar-refractivity contribution < 1.29 is 52.6 Å². The molecule has 2 aromatic carbocycles. The van der Waals surface area contributed by atoms with Gasteiger partial charge >= 0.3 is 0 Å². The predicted octanol–water partition coefficient (Wildman–Crippen LogP) is 2.40. The van der Waals surface area contributed by atoms with E-state index in [1.807, 2.05) is 61.2 Å². The number of hydrogen-bond donors (Lipinski definition) is 2. The second kappa shape index (κ2) is 20.8. The van der Waals surface area contributed by atoms with Gasteiger partial charge in [-0.3, -0.25) is 4.90 Å². The van der Waals surface area contributed by atoms with Crippen LogP contribution in [0.25, 0.3) is 10.2 Å². The topological polar surface area (TPSA) is 140 Å².